The molecule has 0 spiro atoms. The average molecular weight is 235 g/mol. The summed E-state index contributed by atoms with van der Waals surface area (Å²) in [4.78, 5) is 2.32. The Hall–Kier alpha value is -1.06. The third kappa shape index (κ3) is 2.61. The van der Waals surface area contributed by atoms with Crippen LogP contribution in [0.3, 0.4) is 0 Å². The minimum atomic E-state index is -0.412. The smallest absolute Gasteiger partial charge is 0.119 e. The lowest BCUT2D eigenvalue weighted by atomic mass is 10.0. The van der Waals surface area contributed by atoms with Gasteiger partial charge in [0.2, 0.25) is 0 Å². The highest BCUT2D eigenvalue weighted by Gasteiger charge is 2.22. The quantitative estimate of drug-likeness (QED) is 0.851. The number of fused-ring (bicyclic) bond motifs is 1. The van der Waals surface area contributed by atoms with Crippen LogP contribution in [0.4, 0.5) is 0 Å². The van der Waals surface area contributed by atoms with E-state index in [1.54, 1.807) is 7.11 Å². The third-order valence-corrected chi connectivity index (χ3v) is 3.52. The van der Waals surface area contributed by atoms with Crippen molar-refractivity contribution in [1.82, 2.24) is 4.90 Å². The van der Waals surface area contributed by atoms with Crippen molar-refractivity contribution in [2.24, 2.45) is 0 Å². The first-order valence-electron chi connectivity index (χ1n) is 6.20. The van der Waals surface area contributed by atoms with Crippen LogP contribution in [0.15, 0.2) is 18.2 Å². The van der Waals surface area contributed by atoms with Crippen molar-refractivity contribution in [3.63, 3.8) is 0 Å². The molecule has 0 saturated carbocycles. The van der Waals surface area contributed by atoms with E-state index in [0.29, 0.717) is 12.6 Å². The summed E-state index contributed by atoms with van der Waals surface area (Å²) in [6.07, 6.45) is 0.583. The van der Waals surface area contributed by atoms with Crippen LogP contribution in [0.2, 0.25) is 0 Å². The maximum Gasteiger partial charge on any atom is 0.119 e. The summed E-state index contributed by atoms with van der Waals surface area (Å²) in [6, 6.07) is 6.47. The van der Waals surface area contributed by atoms with E-state index in [4.69, 9.17) is 4.74 Å². The van der Waals surface area contributed by atoms with Crippen molar-refractivity contribution < 1.29 is 9.84 Å². The van der Waals surface area contributed by atoms with Crippen LogP contribution in [0.1, 0.15) is 31.1 Å². The second-order valence-corrected chi connectivity index (χ2v) is 4.92. The van der Waals surface area contributed by atoms with E-state index in [1.165, 1.54) is 5.56 Å². The molecular formula is C14H21NO2. The van der Waals surface area contributed by atoms with E-state index in [1.807, 2.05) is 12.1 Å². The van der Waals surface area contributed by atoms with Crippen molar-refractivity contribution in [3.8, 4) is 5.75 Å². The van der Waals surface area contributed by atoms with Gasteiger partial charge in [-0.25, -0.2) is 0 Å². The van der Waals surface area contributed by atoms with Gasteiger partial charge >= 0.3 is 0 Å². The molecule has 3 heteroatoms. The number of ether oxygens (including phenoxy) is 1. The molecule has 0 radical (unpaired) electrons. The van der Waals surface area contributed by atoms with E-state index < -0.39 is 6.10 Å². The summed E-state index contributed by atoms with van der Waals surface area (Å²) in [7, 11) is 1.66. The molecule has 1 aromatic carbocycles. The van der Waals surface area contributed by atoms with E-state index in [-0.39, 0.29) is 0 Å². The van der Waals surface area contributed by atoms with Crippen molar-refractivity contribution >= 4 is 0 Å². The number of hydrogen-bond donors (Lipinski definition) is 1. The number of aliphatic hydroxyl groups is 1. The number of methoxy groups -OCH3 is 1. The zero-order chi connectivity index (χ0) is 12.4. The SMILES string of the molecule is COc1ccc2c(c1)C(O)CN(C(C)C)CC2. The van der Waals surface area contributed by atoms with Crippen LogP contribution in [0, 0.1) is 0 Å². The number of nitrogens with zero attached hydrogens (tertiary/aromatic N) is 1. The molecule has 17 heavy (non-hydrogen) atoms. The summed E-state index contributed by atoms with van der Waals surface area (Å²) in [5, 5.41) is 10.3. The highest BCUT2D eigenvalue weighted by molar-refractivity contribution is 5.38. The van der Waals surface area contributed by atoms with Gasteiger partial charge in [-0.3, -0.25) is 4.90 Å². The fraction of sp³-hybridized carbons (Fsp3) is 0.571. The van der Waals surface area contributed by atoms with Crippen molar-refractivity contribution in [2.75, 3.05) is 20.2 Å². The second kappa shape index (κ2) is 5.07. The predicted octanol–water partition coefficient (Wildman–Crippen LogP) is 2.00. The molecular weight excluding hydrogens is 214 g/mol. The zero-order valence-corrected chi connectivity index (χ0v) is 10.8. The van der Waals surface area contributed by atoms with Crippen molar-refractivity contribution in [3.05, 3.63) is 29.3 Å². The van der Waals surface area contributed by atoms with E-state index >= 15 is 0 Å². The lowest BCUT2D eigenvalue weighted by Gasteiger charge is -2.25. The van der Waals surface area contributed by atoms with Gasteiger partial charge in [-0.15, -0.1) is 0 Å². The summed E-state index contributed by atoms with van der Waals surface area (Å²) >= 11 is 0. The highest BCUT2D eigenvalue weighted by atomic mass is 16.5. The number of hydrogen-bond acceptors (Lipinski definition) is 3. The molecule has 1 aromatic rings. The Bertz CT molecular complexity index is 390. The molecule has 0 saturated heterocycles. The van der Waals surface area contributed by atoms with Crippen LogP contribution in [0.25, 0.3) is 0 Å². The Kier molecular flexibility index (Phi) is 3.69. The molecule has 2 rings (SSSR count). The number of aliphatic hydroxyl groups excluding tert-OH is 1. The van der Waals surface area contributed by atoms with Crippen LogP contribution in [0.5, 0.6) is 5.75 Å². The number of rotatable bonds is 2. The molecule has 1 aliphatic heterocycles. The standard InChI is InChI=1S/C14H21NO2/c1-10(2)15-7-6-11-4-5-12(17-3)8-13(11)14(16)9-15/h4-5,8,10,14,16H,6-7,9H2,1-3H3. The fourth-order valence-corrected chi connectivity index (χ4v) is 2.38. The highest BCUT2D eigenvalue weighted by Crippen LogP contribution is 2.28. The number of benzene rings is 1. The molecule has 1 N–H and O–H groups in total. The Morgan fingerprint density at radius 3 is 2.82 bits per heavy atom. The summed E-state index contributed by atoms with van der Waals surface area (Å²) < 4.78 is 5.22. The third-order valence-electron chi connectivity index (χ3n) is 3.52. The van der Waals surface area contributed by atoms with Gasteiger partial charge in [0, 0.05) is 19.1 Å². The molecule has 94 valence electrons. The molecule has 0 amide bonds. The lowest BCUT2D eigenvalue weighted by Crippen LogP contribution is -2.34. The summed E-state index contributed by atoms with van der Waals surface area (Å²) in [5.74, 6) is 0.820. The minimum Gasteiger partial charge on any atom is -0.497 e. The van der Waals surface area contributed by atoms with Crippen molar-refractivity contribution in [2.45, 2.75) is 32.4 Å². The van der Waals surface area contributed by atoms with Gasteiger partial charge in [0.1, 0.15) is 5.75 Å². The molecule has 0 aromatic heterocycles. The van der Waals surface area contributed by atoms with Gasteiger partial charge in [0.25, 0.3) is 0 Å². The van der Waals surface area contributed by atoms with Gasteiger partial charge in [0.15, 0.2) is 0 Å². The Labute approximate surface area is 103 Å². The molecule has 0 fully saturated rings. The van der Waals surface area contributed by atoms with Gasteiger partial charge in [-0.2, -0.15) is 0 Å². The van der Waals surface area contributed by atoms with Gasteiger partial charge in [-0.05, 0) is 43.5 Å². The summed E-state index contributed by atoms with van der Waals surface area (Å²) in [6.45, 7) is 6.05. The molecule has 0 aliphatic carbocycles. The Balaban J connectivity index is 2.28. The van der Waals surface area contributed by atoms with Crippen LogP contribution in [-0.4, -0.2) is 36.2 Å². The van der Waals surface area contributed by atoms with Crippen molar-refractivity contribution in [1.29, 1.82) is 0 Å². The lowest BCUT2D eigenvalue weighted by molar-refractivity contribution is 0.103. The first-order chi connectivity index (χ1) is 8.11. The van der Waals surface area contributed by atoms with Gasteiger partial charge < -0.3 is 9.84 Å². The van der Waals surface area contributed by atoms with Gasteiger partial charge in [-0.1, -0.05) is 6.07 Å². The fourth-order valence-electron chi connectivity index (χ4n) is 2.38. The minimum absolute atomic E-state index is 0.412. The maximum absolute atomic E-state index is 10.3. The second-order valence-electron chi connectivity index (χ2n) is 4.92. The normalized spacial score (nSPS) is 21.1. The van der Waals surface area contributed by atoms with E-state index in [9.17, 15) is 5.11 Å². The Morgan fingerprint density at radius 1 is 1.41 bits per heavy atom. The average Bonchev–Trinajstić information content (AvgIpc) is 2.49. The first-order valence-corrected chi connectivity index (χ1v) is 6.20. The predicted molar refractivity (Wildman–Crippen MR) is 68.4 cm³/mol. The molecule has 1 atom stereocenters. The topological polar surface area (TPSA) is 32.7 Å². The van der Waals surface area contributed by atoms with Crippen LogP contribution >= 0.6 is 0 Å². The maximum atomic E-state index is 10.3. The molecule has 1 heterocycles. The summed E-state index contributed by atoms with van der Waals surface area (Å²) in [5.41, 5.74) is 2.26. The van der Waals surface area contributed by atoms with Gasteiger partial charge in [0.05, 0.1) is 13.2 Å². The number of β-amino-alcohol motifs (C(OH)–C–C–N with tert-alkyl or cyclic N) is 1. The van der Waals surface area contributed by atoms with E-state index in [2.05, 4.69) is 24.8 Å². The molecule has 0 bridgehead atoms. The van der Waals surface area contributed by atoms with Crippen LogP contribution in [-0.2, 0) is 6.42 Å². The Morgan fingerprint density at radius 2 is 2.18 bits per heavy atom. The first kappa shape index (κ1) is 12.4. The van der Waals surface area contributed by atoms with E-state index in [0.717, 1.165) is 24.3 Å². The molecule has 3 nitrogen and oxygen atoms in total. The molecule has 1 aliphatic rings. The largest absolute Gasteiger partial charge is 0.497 e. The molecule has 1 unspecified atom stereocenters. The van der Waals surface area contributed by atoms with Crippen LogP contribution < -0.4 is 4.74 Å². The zero-order valence-electron chi connectivity index (χ0n) is 10.8. The monoisotopic (exact) mass is 235 g/mol.